The Labute approximate surface area is 96.6 Å². The Balaban J connectivity index is 2.44. The van der Waals surface area contributed by atoms with E-state index < -0.39 is 21.2 Å². The number of hydrogen-bond acceptors (Lipinski definition) is 0. The van der Waals surface area contributed by atoms with Gasteiger partial charge in [-0.15, -0.1) is 0 Å². The van der Waals surface area contributed by atoms with Gasteiger partial charge in [-0.1, -0.05) is 0 Å². The second-order valence-electron chi connectivity index (χ2n) is 4.36. The van der Waals surface area contributed by atoms with Gasteiger partial charge in [0.25, 0.3) is 0 Å². The third-order valence-corrected chi connectivity index (χ3v) is 16.8. The number of rotatable bonds is 2. The SMILES string of the molecule is [CH3][Pb]([CH3])([c]1ccccc1)[c]1ccccc1. The van der Waals surface area contributed by atoms with Crippen molar-refractivity contribution in [3.05, 3.63) is 60.7 Å². The van der Waals surface area contributed by atoms with E-state index in [9.17, 15) is 0 Å². The molecule has 2 aromatic carbocycles. The molecule has 0 bridgehead atoms. The Morgan fingerprint density at radius 3 is 1.27 bits per heavy atom. The molecular weight excluding hydrogens is 375 g/mol. The summed E-state index contributed by atoms with van der Waals surface area (Å²) in [5, 5.41) is 0. The molecule has 0 atom stereocenters. The Bertz CT molecular complexity index is 376. The van der Waals surface area contributed by atoms with Gasteiger partial charge in [-0.05, 0) is 0 Å². The van der Waals surface area contributed by atoms with Crippen molar-refractivity contribution < 1.29 is 0 Å². The minimum absolute atomic E-state index is 1.58. The predicted molar refractivity (Wildman–Crippen MR) is 69.6 cm³/mol. The molecule has 0 radical (unpaired) electrons. The van der Waals surface area contributed by atoms with Crippen LogP contribution in [-0.4, -0.2) is 21.2 Å². The second kappa shape index (κ2) is 4.47. The van der Waals surface area contributed by atoms with Gasteiger partial charge >= 0.3 is 97.0 Å². The van der Waals surface area contributed by atoms with E-state index >= 15 is 0 Å². The van der Waals surface area contributed by atoms with Crippen molar-refractivity contribution >= 4 is 27.4 Å². The van der Waals surface area contributed by atoms with Crippen LogP contribution in [0.5, 0.6) is 0 Å². The summed E-state index contributed by atoms with van der Waals surface area (Å²) in [6, 6.07) is 21.9. The standard InChI is InChI=1S/2C6H5.2CH3.Pb/c2*1-2-4-6-5-3-1;;;/h2*1-5H;2*1H3;. The van der Waals surface area contributed by atoms with Gasteiger partial charge in [0.2, 0.25) is 0 Å². The molecule has 0 fully saturated rings. The van der Waals surface area contributed by atoms with Crippen molar-refractivity contribution in [2.45, 2.75) is 8.97 Å². The van der Waals surface area contributed by atoms with Crippen LogP contribution in [-0.2, 0) is 0 Å². The van der Waals surface area contributed by atoms with Gasteiger partial charge in [0.15, 0.2) is 0 Å². The molecule has 0 nitrogen and oxygen atoms in total. The molecule has 76 valence electrons. The summed E-state index contributed by atoms with van der Waals surface area (Å²) in [7, 11) is 0. The number of benzene rings is 2. The Hall–Kier alpha value is -0.638. The van der Waals surface area contributed by atoms with E-state index in [2.05, 4.69) is 69.6 Å². The van der Waals surface area contributed by atoms with Gasteiger partial charge in [-0.25, -0.2) is 0 Å². The molecule has 2 aromatic rings. The van der Waals surface area contributed by atoms with Crippen LogP contribution >= 0.6 is 0 Å². The van der Waals surface area contributed by atoms with E-state index in [-0.39, 0.29) is 0 Å². The monoisotopic (exact) mass is 392 g/mol. The van der Waals surface area contributed by atoms with Gasteiger partial charge < -0.3 is 0 Å². The maximum atomic E-state index is 2.48. The molecule has 0 spiro atoms. The second-order valence-corrected chi connectivity index (χ2v) is 21.5. The molecule has 0 aliphatic rings. The van der Waals surface area contributed by atoms with E-state index in [1.54, 1.807) is 6.25 Å². The summed E-state index contributed by atoms with van der Waals surface area (Å²) in [5.41, 5.74) is 0. The van der Waals surface area contributed by atoms with Crippen molar-refractivity contribution in [3.63, 3.8) is 0 Å². The van der Waals surface area contributed by atoms with Crippen LogP contribution in [0.4, 0.5) is 0 Å². The van der Waals surface area contributed by atoms with Crippen molar-refractivity contribution in [3.8, 4) is 0 Å². The Morgan fingerprint density at radius 2 is 0.933 bits per heavy atom. The van der Waals surface area contributed by atoms with Crippen molar-refractivity contribution in [2.24, 2.45) is 0 Å². The van der Waals surface area contributed by atoms with Crippen LogP contribution in [0, 0.1) is 0 Å². The molecule has 15 heavy (non-hydrogen) atoms. The summed E-state index contributed by atoms with van der Waals surface area (Å²) < 4.78 is 8.13. The zero-order valence-electron chi connectivity index (χ0n) is 9.27. The van der Waals surface area contributed by atoms with Gasteiger partial charge in [0, 0.05) is 0 Å². The van der Waals surface area contributed by atoms with E-state index in [4.69, 9.17) is 0 Å². The predicted octanol–water partition coefficient (Wildman–Crippen LogP) is 2.51. The molecule has 0 amide bonds. The van der Waals surface area contributed by atoms with Crippen LogP contribution < -0.4 is 6.25 Å². The molecule has 2 rings (SSSR count). The fourth-order valence-electron chi connectivity index (χ4n) is 1.88. The molecule has 0 aliphatic heterocycles. The average Bonchev–Trinajstić information content (AvgIpc) is 2.31. The summed E-state index contributed by atoms with van der Waals surface area (Å²) in [6.07, 6.45) is 0. The topological polar surface area (TPSA) is 0 Å². The number of hydrogen-bond donors (Lipinski definition) is 0. The molecule has 0 aromatic heterocycles. The summed E-state index contributed by atoms with van der Waals surface area (Å²) >= 11 is -2.38. The van der Waals surface area contributed by atoms with Gasteiger partial charge in [0.05, 0.1) is 0 Å². The van der Waals surface area contributed by atoms with E-state index in [1.807, 2.05) is 0 Å². The fourth-order valence-corrected chi connectivity index (χ4v) is 11.1. The zero-order chi connectivity index (χ0) is 10.7. The van der Waals surface area contributed by atoms with Crippen LogP contribution in [0.25, 0.3) is 0 Å². The van der Waals surface area contributed by atoms with Crippen LogP contribution in [0.15, 0.2) is 60.7 Å². The first-order chi connectivity index (χ1) is 7.21. The van der Waals surface area contributed by atoms with Gasteiger partial charge in [0.1, 0.15) is 0 Å². The van der Waals surface area contributed by atoms with Crippen LogP contribution in [0.1, 0.15) is 0 Å². The van der Waals surface area contributed by atoms with Crippen LogP contribution in [0.2, 0.25) is 8.97 Å². The van der Waals surface area contributed by atoms with Crippen molar-refractivity contribution in [2.75, 3.05) is 0 Å². The first-order valence-corrected chi connectivity index (χ1v) is 17.0. The van der Waals surface area contributed by atoms with Crippen molar-refractivity contribution in [1.29, 1.82) is 0 Å². The normalized spacial score (nSPS) is 11.3. The van der Waals surface area contributed by atoms with Gasteiger partial charge in [-0.2, -0.15) is 0 Å². The molecule has 0 aliphatic carbocycles. The summed E-state index contributed by atoms with van der Waals surface area (Å²) in [5.74, 6) is 0. The molecule has 1 heteroatoms. The van der Waals surface area contributed by atoms with E-state index in [1.165, 1.54) is 0 Å². The average molecular weight is 391 g/mol. The zero-order valence-corrected chi connectivity index (χ0v) is 13.2. The molecule has 0 saturated carbocycles. The fraction of sp³-hybridized carbons (Fsp3) is 0.143. The molecule has 0 unspecified atom stereocenters. The quantitative estimate of drug-likeness (QED) is 0.690. The summed E-state index contributed by atoms with van der Waals surface area (Å²) in [6.45, 7) is 0. The molecular formula is C14H16Pb. The summed E-state index contributed by atoms with van der Waals surface area (Å²) in [4.78, 5) is 0. The molecule has 0 N–H and O–H groups in total. The minimum atomic E-state index is -2.38. The third-order valence-electron chi connectivity index (χ3n) is 2.99. The van der Waals surface area contributed by atoms with Crippen LogP contribution in [0.3, 0.4) is 0 Å². The first kappa shape index (κ1) is 10.9. The van der Waals surface area contributed by atoms with Gasteiger partial charge in [-0.3, -0.25) is 0 Å². The maximum absolute atomic E-state index is 2.48. The molecule has 0 heterocycles. The molecule has 0 saturated heterocycles. The van der Waals surface area contributed by atoms with E-state index in [0.29, 0.717) is 0 Å². The van der Waals surface area contributed by atoms with Crippen molar-refractivity contribution in [1.82, 2.24) is 0 Å². The Morgan fingerprint density at radius 1 is 0.600 bits per heavy atom. The van der Waals surface area contributed by atoms with E-state index in [0.717, 1.165) is 0 Å². The third kappa shape index (κ3) is 2.30. The Kier molecular flexibility index (Phi) is 3.24. The first-order valence-electron chi connectivity index (χ1n) is 5.32.